The zero-order valence-electron chi connectivity index (χ0n) is 20.7. The lowest BCUT2D eigenvalue weighted by Gasteiger charge is -2.24. The van der Waals surface area contributed by atoms with E-state index in [0.717, 1.165) is 50.0 Å². The van der Waals surface area contributed by atoms with Gasteiger partial charge in [-0.05, 0) is 51.8 Å². The monoisotopic (exact) mass is 490 g/mol. The Morgan fingerprint density at radius 2 is 1.74 bits per heavy atom. The predicted octanol–water partition coefficient (Wildman–Crippen LogP) is 1.83. The summed E-state index contributed by atoms with van der Waals surface area (Å²) in [5.74, 6) is -0.907. The number of benzene rings is 1. The molecule has 10 nitrogen and oxygen atoms in total. The average Bonchev–Trinajstić information content (AvgIpc) is 2.84. The van der Waals surface area contributed by atoms with E-state index in [0.29, 0.717) is 24.3 Å². The molecule has 0 aliphatic carbocycles. The lowest BCUT2D eigenvalue weighted by atomic mass is 10.0. The van der Waals surface area contributed by atoms with Crippen LogP contribution in [0, 0.1) is 6.92 Å². The van der Waals surface area contributed by atoms with E-state index in [1.165, 1.54) is 0 Å². The molecular formula is C25H38N4O6. The summed E-state index contributed by atoms with van der Waals surface area (Å²) in [6.07, 6.45) is 7.30. The number of carbonyl (C=O) groups excluding carboxylic acids is 5. The zero-order valence-corrected chi connectivity index (χ0v) is 20.7. The molecule has 0 bridgehead atoms. The largest absolute Gasteiger partial charge is 0.483 e. The summed E-state index contributed by atoms with van der Waals surface area (Å²) in [5.41, 5.74) is 6.23. The second kappa shape index (κ2) is 17.2. The Kier molecular flexibility index (Phi) is 14.6. The second-order valence-electron chi connectivity index (χ2n) is 8.37. The fourth-order valence-electron chi connectivity index (χ4n) is 3.51. The first-order chi connectivity index (χ1) is 16.8. The Bertz CT molecular complexity index is 845. The quantitative estimate of drug-likeness (QED) is 0.210. The summed E-state index contributed by atoms with van der Waals surface area (Å²) >= 11 is 0. The van der Waals surface area contributed by atoms with Crippen LogP contribution < -0.4 is 21.1 Å². The van der Waals surface area contributed by atoms with Gasteiger partial charge >= 0.3 is 0 Å². The number of carbonyl (C=O) groups is 5. The van der Waals surface area contributed by atoms with Crippen LogP contribution in [0.5, 0.6) is 5.75 Å². The van der Waals surface area contributed by atoms with Crippen molar-refractivity contribution in [1.29, 1.82) is 0 Å². The van der Waals surface area contributed by atoms with Crippen molar-refractivity contribution in [1.82, 2.24) is 15.5 Å². The van der Waals surface area contributed by atoms with E-state index in [1.54, 1.807) is 32.0 Å². The third-order valence-electron chi connectivity index (χ3n) is 5.66. The van der Waals surface area contributed by atoms with Gasteiger partial charge in [0, 0.05) is 30.1 Å². The third kappa shape index (κ3) is 11.1. The fourth-order valence-corrected chi connectivity index (χ4v) is 3.51. The highest BCUT2D eigenvalue weighted by Gasteiger charge is 2.24. The Hall–Kier alpha value is -3.27. The van der Waals surface area contributed by atoms with Crippen LogP contribution in [0.25, 0.3) is 0 Å². The van der Waals surface area contributed by atoms with E-state index >= 15 is 0 Å². The topological polar surface area (TPSA) is 148 Å². The van der Waals surface area contributed by atoms with Gasteiger partial charge in [0.05, 0.1) is 0 Å². The normalized spacial score (nSPS) is 11.3. The van der Waals surface area contributed by atoms with Crippen LogP contribution in [0.4, 0.5) is 0 Å². The number of ether oxygens (including phenoxy) is 1. The number of hydrogen-bond donors (Lipinski definition) is 3. The summed E-state index contributed by atoms with van der Waals surface area (Å²) in [5, 5.41) is 4.85. The molecule has 1 aromatic rings. The van der Waals surface area contributed by atoms with Crippen molar-refractivity contribution in [2.45, 2.75) is 71.3 Å². The molecule has 1 atom stereocenters. The molecule has 10 heteroatoms. The molecule has 1 rings (SSSR count). The molecule has 0 saturated carbocycles. The SMILES string of the molecule is Cc1c(OCC(=O)NCCCCCCCCN)cccc1C(=O)N(C=O)C(C)CCC(=O)NC=O. The first-order valence-electron chi connectivity index (χ1n) is 12.1. The van der Waals surface area contributed by atoms with E-state index in [1.807, 2.05) is 5.32 Å². The lowest BCUT2D eigenvalue weighted by Crippen LogP contribution is -2.38. The first-order valence-corrected chi connectivity index (χ1v) is 12.1. The van der Waals surface area contributed by atoms with Crippen LogP contribution in [0.2, 0.25) is 0 Å². The van der Waals surface area contributed by atoms with Crippen LogP contribution in [0.3, 0.4) is 0 Å². The van der Waals surface area contributed by atoms with Gasteiger partial charge in [-0.1, -0.05) is 31.7 Å². The minimum Gasteiger partial charge on any atom is -0.483 e. The maximum atomic E-state index is 13.0. The molecular weight excluding hydrogens is 452 g/mol. The number of amides is 5. The number of unbranched alkanes of at least 4 members (excludes halogenated alkanes) is 5. The Morgan fingerprint density at radius 1 is 1.06 bits per heavy atom. The average molecular weight is 491 g/mol. The van der Waals surface area contributed by atoms with Crippen molar-refractivity contribution in [2.24, 2.45) is 5.73 Å². The van der Waals surface area contributed by atoms with E-state index in [9.17, 15) is 24.0 Å². The molecule has 0 aliphatic rings. The van der Waals surface area contributed by atoms with E-state index in [-0.39, 0.29) is 37.3 Å². The van der Waals surface area contributed by atoms with Gasteiger partial charge in [0.25, 0.3) is 11.8 Å². The van der Waals surface area contributed by atoms with Crippen molar-refractivity contribution in [3.8, 4) is 5.75 Å². The maximum Gasteiger partial charge on any atom is 0.260 e. The molecule has 0 aromatic heterocycles. The molecule has 1 aromatic carbocycles. The summed E-state index contributed by atoms with van der Waals surface area (Å²) in [6, 6.07) is 4.27. The minimum atomic E-state index is -0.562. The van der Waals surface area contributed by atoms with Gasteiger partial charge in [0.15, 0.2) is 6.61 Å². The maximum absolute atomic E-state index is 13.0. The van der Waals surface area contributed by atoms with Crippen molar-refractivity contribution in [2.75, 3.05) is 19.7 Å². The zero-order chi connectivity index (χ0) is 26.1. The molecule has 194 valence electrons. The third-order valence-corrected chi connectivity index (χ3v) is 5.66. The molecule has 0 spiro atoms. The van der Waals surface area contributed by atoms with Gasteiger partial charge < -0.3 is 15.8 Å². The Labute approximate surface area is 206 Å². The molecule has 0 saturated heterocycles. The van der Waals surface area contributed by atoms with Crippen molar-refractivity contribution >= 4 is 30.5 Å². The molecule has 5 amide bonds. The molecule has 0 heterocycles. The van der Waals surface area contributed by atoms with Crippen molar-refractivity contribution in [3.63, 3.8) is 0 Å². The highest BCUT2D eigenvalue weighted by atomic mass is 16.5. The van der Waals surface area contributed by atoms with Gasteiger partial charge in [0.2, 0.25) is 18.7 Å². The van der Waals surface area contributed by atoms with Crippen molar-refractivity contribution in [3.05, 3.63) is 29.3 Å². The Morgan fingerprint density at radius 3 is 2.40 bits per heavy atom. The van der Waals surface area contributed by atoms with E-state index in [4.69, 9.17) is 10.5 Å². The molecule has 35 heavy (non-hydrogen) atoms. The van der Waals surface area contributed by atoms with Crippen LogP contribution in [-0.4, -0.2) is 61.2 Å². The molecule has 0 aliphatic heterocycles. The number of nitrogens with zero attached hydrogens (tertiary/aromatic N) is 1. The van der Waals surface area contributed by atoms with Crippen LogP contribution in [0.1, 0.15) is 74.2 Å². The van der Waals surface area contributed by atoms with Gasteiger partial charge in [0.1, 0.15) is 5.75 Å². The standard InChI is InChI=1S/C25H38N4O6/c1-19(12-13-23(32)28-17-30)29(18-31)25(34)21-10-9-11-22(20(21)2)35-16-24(33)27-15-8-6-4-3-5-7-14-26/h9-11,17-19H,3-8,12-16,26H2,1-2H3,(H,27,33)(H,28,30,32). The van der Waals surface area contributed by atoms with Crippen LogP contribution in [-0.2, 0) is 19.2 Å². The van der Waals surface area contributed by atoms with E-state index < -0.39 is 17.9 Å². The molecule has 4 N–H and O–H groups in total. The number of hydrogen-bond acceptors (Lipinski definition) is 7. The van der Waals surface area contributed by atoms with E-state index in [2.05, 4.69) is 5.32 Å². The van der Waals surface area contributed by atoms with Gasteiger partial charge in [-0.15, -0.1) is 0 Å². The number of nitrogens with one attached hydrogen (secondary N) is 2. The van der Waals surface area contributed by atoms with Crippen LogP contribution >= 0.6 is 0 Å². The predicted molar refractivity (Wildman–Crippen MR) is 132 cm³/mol. The summed E-state index contributed by atoms with van der Waals surface area (Å²) in [6.45, 7) is 4.43. The molecule has 0 radical (unpaired) electrons. The summed E-state index contributed by atoms with van der Waals surface area (Å²) in [7, 11) is 0. The Balaban J connectivity index is 2.58. The first kappa shape index (κ1) is 29.8. The highest BCUT2D eigenvalue weighted by Crippen LogP contribution is 2.23. The molecule has 0 fully saturated rings. The summed E-state index contributed by atoms with van der Waals surface area (Å²) < 4.78 is 5.62. The van der Waals surface area contributed by atoms with Crippen LogP contribution in [0.15, 0.2) is 18.2 Å². The lowest BCUT2D eigenvalue weighted by molar-refractivity contribution is -0.126. The van der Waals surface area contributed by atoms with Gasteiger partial charge in [-0.2, -0.15) is 0 Å². The molecule has 1 unspecified atom stereocenters. The number of imide groups is 2. The van der Waals surface area contributed by atoms with Gasteiger partial charge in [-0.3, -0.25) is 34.2 Å². The summed E-state index contributed by atoms with van der Waals surface area (Å²) in [4.78, 5) is 59.5. The second-order valence-corrected chi connectivity index (χ2v) is 8.37. The number of rotatable bonds is 18. The fraction of sp³-hybridized carbons (Fsp3) is 0.560. The van der Waals surface area contributed by atoms with Gasteiger partial charge in [-0.25, -0.2) is 0 Å². The number of nitrogens with two attached hydrogens (primary N) is 1. The highest BCUT2D eigenvalue weighted by molar-refractivity contribution is 6.01. The van der Waals surface area contributed by atoms with Crippen molar-refractivity contribution < 1.29 is 28.7 Å². The minimum absolute atomic E-state index is 0.0109. The smallest absolute Gasteiger partial charge is 0.260 e.